The molecule has 0 spiro atoms. The van der Waals surface area contributed by atoms with E-state index in [1.807, 2.05) is 6.21 Å². The first-order valence-corrected chi connectivity index (χ1v) is 5.22. The smallest absolute Gasteiger partial charge is 0.0657 e. The van der Waals surface area contributed by atoms with Gasteiger partial charge in [-0.25, -0.2) is 0 Å². The Bertz CT molecular complexity index is 340. The zero-order valence-corrected chi connectivity index (χ0v) is 8.32. The van der Waals surface area contributed by atoms with Crippen LogP contribution in [-0.4, -0.2) is 6.21 Å². The molecule has 0 fully saturated rings. The molecule has 2 aliphatic rings. The van der Waals surface area contributed by atoms with Crippen molar-refractivity contribution in [3.05, 3.63) is 47.7 Å². The largest absolute Gasteiger partial charge is 0.261 e. The minimum absolute atomic E-state index is 0.935. The normalized spacial score (nSPS) is 26.3. The summed E-state index contributed by atoms with van der Waals surface area (Å²) in [4.78, 5) is 4.47. The molecule has 72 valence electrons. The van der Waals surface area contributed by atoms with Gasteiger partial charge in [0.1, 0.15) is 0 Å². The number of allylic oxidation sites excluding steroid dienone is 7. The third-order valence-corrected chi connectivity index (χ3v) is 2.44. The van der Waals surface area contributed by atoms with Gasteiger partial charge in [0.25, 0.3) is 0 Å². The van der Waals surface area contributed by atoms with Crippen LogP contribution in [0.25, 0.3) is 0 Å². The van der Waals surface area contributed by atoms with E-state index in [-0.39, 0.29) is 0 Å². The molecule has 0 amide bonds. The highest BCUT2D eigenvalue weighted by atomic mass is 14.7. The maximum atomic E-state index is 4.47. The summed E-state index contributed by atoms with van der Waals surface area (Å²) in [5, 5.41) is 0. The van der Waals surface area contributed by atoms with Gasteiger partial charge in [0.2, 0.25) is 0 Å². The molecule has 0 atom stereocenters. The maximum absolute atomic E-state index is 4.47. The van der Waals surface area contributed by atoms with Gasteiger partial charge in [0.05, 0.1) is 5.70 Å². The van der Waals surface area contributed by atoms with Gasteiger partial charge in [-0.1, -0.05) is 30.4 Å². The lowest BCUT2D eigenvalue weighted by molar-refractivity contribution is 0.814. The molecule has 0 aromatic heterocycles. The predicted octanol–water partition coefficient (Wildman–Crippen LogP) is 3.57. The number of nitrogens with zero attached hydrogens (tertiary/aromatic N) is 1. The third kappa shape index (κ3) is 2.32. The fraction of sp³-hybridized carbons (Fsp3) is 0.308. The zero-order valence-electron chi connectivity index (χ0n) is 8.32. The average molecular weight is 185 g/mol. The van der Waals surface area contributed by atoms with E-state index in [4.69, 9.17) is 0 Å². The van der Waals surface area contributed by atoms with Crippen LogP contribution >= 0.6 is 0 Å². The van der Waals surface area contributed by atoms with Gasteiger partial charge >= 0.3 is 0 Å². The van der Waals surface area contributed by atoms with Crippen molar-refractivity contribution in [3.8, 4) is 0 Å². The highest BCUT2D eigenvalue weighted by Gasteiger charge is 2.03. The summed E-state index contributed by atoms with van der Waals surface area (Å²) < 4.78 is 0. The van der Waals surface area contributed by atoms with Gasteiger partial charge in [0.15, 0.2) is 0 Å². The van der Waals surface area contributed by atoms with Crippen LogP contribution in [0.1, 0.15) is 25.7 Å². The Labute approximate surface area is 85.2 Å². The van der Waals surface area contributed by atoms with Gasteiger partial charge in [-0.2, -0.15) is 0 Å². The Kier molecular flexibility index (Phi) is 3.12. The number of aliphatic imine (C=N–C) groups is 1. The highest BCUT2D eigenvalue weighted by Crippen LogP contribution is 2.21. The van der Waals surface area contributed by atoms with Crippen LogP contribution in [-0.2, 0) is 0 Å². The van der Waals surface area contributed by atoms with Crippen molar-refractivity contribution in [3.63, 3.8) is 0 Å². The quantitative estimate of drug-likeness (QED) is 0.547. The monoisotopic (exact) mass is 185 g/mol. The molecule has 1 nitrogen and oxygen atoms in total. The minimum atomic E-state index is 0.935. The Hall–Kier alpha value is -1.37. The van der Waals surface area contributed by atoms with E-state index < -0.39 is 0 Å². The van der Waals surface area contributed by atoms with Crippen LogP contribution in [0.4, 0.5) is 0 Å². The maximum Gasteiger partial charge on any atom is 0.0657 e. The molecule has 0 unspecified atom stereocenters. The molecule has 1 heteroatoms. The molecule has 1 heterocycles. The first kappa shape index (κ1) is 9.20. The van der Waals surface area contributed by atoms with E-state index >= 15 is 0 Å². The van der Waals surface area contributed by atoms with Gasteiger partial charge in [-0.3, -0.25) is 4.99 Å². The molecular formula is C13H15N. The van der Waals surface area contributed by atoms with E-state index in [0.717, 1.165) is 18.5 Å². The molecule has 1 aliphatic carbocycles. The average Bonchev–Trinajstić information content (AvgIpc) is 2.18. The molecule has 2 rings (SSSR count). The van der Waals surface area contributed by atoms with Crippen LogP contribution in [0, 0.1) is 0 Å². The SMILES string of the molecule is C1=CCC=NC(=C2C=CCCC2)C=C1. The Morgan fingerprint density at radius 1 is 1.07 bits per heavy atom. The summed E-state index contributed by atoms with van der Waals surface area (Å²) in [5.41, 5.74) is 2.50. The van der Waals surface area contributed by atoms with E-state index in [1.54, 1.807) is 0 Å². The highest BCUT2D eigenvalue weighted by molar-refractivity contribution is 5.63. The molecule has 0 saturated carbocycles. The molecule has 0 N–H and O–H groups in total. The second-order valence-electron chi connectivity index (χ2n) is 3.54. The number of hydrogen-bond donors (Lipinski definition) is 0. The second-order valence-corrected chi connectivity index (χ2v) is 3.54. The van der Waals surface area contributed by atoms with E-state index in [1.165, 1.54) is 18.4 Å². The van der Waals surface area contributed by atoms with Crippen LogP contribution in [0.5, 0.6) is 0 Å². The Morgan fingerprint density at radius 2 is 2.07 bits per heavy atom. The van der Waals surface area contributed by atoms with Gasteiger partial charge < -0.3 is 0 Å². The lowest BCUT2D eigenvalue weighted by Gasteiger charge is -2.09. The van der Waals surface area contributed by atoms with Crippen LogP contribution in [0.15, 0.2) is 52.7 Å². The van der Waals surface area contributed by atoms with Gasteiger partial charge in [0, 0.05) is 12.6 Å². The lowest BCUT2D eigenvalue weighted by atomic mass is 10.00. The van der Waals surface area contributed by atoms with Crippen LogP contribution in [0.2, 0.25) is 0 Å². The summed E-state index contributed by atoms with van der Waals surface area (Å²) in [6, 6.07) is 0. The van der Waals surface area contributed by atoms with Crippen molar-refractivity contribution >= 4 is 6.21 Å². The topological polar surface area (TPSA) is 12.4 Å². The number of hydrogen-bond acceptors (Lipinski definition) is 1. The third-order valence-electron chi connectivity index (χ3n) is 2.44. The fourth-order valence-electron chi connectivity index (χ4n) is 1.68. The van der Waals surface area contributed by atoms with Crippen molar-refractivity contribution in [1.29, 1.82) is 0 Å². The van der Waals surface area contributed by atoms with Crippen molar-refractivity contribution in [2.45, 2.75) is 25.7 Å². The zero-order chi connectivity index (χ0) is 9.64. The number of rotatable bonds is 0. The van der Waals surface area contributed by atoms with E-state index in [0.29, 0.717) is 0 Å². The first-order chi connectivity index (χ1) is 6.97. The van der Waals surface area contributed by atoms with Crippen molar-refractivity contribution in [2.75, 3.05) is 0 Å². The lowest BCUT2D eigenvalue weighted by Crippen LogP contribution is -1.91. The van der Waals surface area contributed by atoms with Crippen LogP contribution in [0.3, 0.4) is 0 Å². The molecular weight excluding hydrogens is 170 g/mol. The molecule has 0 aromatic carbocycles. The summed E-state index contributed by atoms with van der Waals surface area (Å²) in [6.45, 7) is 0. The molecule has 0 radical (unpaired) electrons. The summed E-state index contributed by atoms with van der Waals surface area (Å²) in [6.07, 6.45) is 19.4. The second kappa shape index (κ2) is 4.75. The van der Waals surface area contributed by atoms with Crippen molar-refractivity contribution in [2.24, 2.45) is 4.99 Å². The van der Waals surface area contributed by atoms with Crippen LogP contribution < -0.4 is 0 Å². The summed E-state index contributed by atoms with van der Waals surface area (Å²) >= 11 is 0. The molecule has 1 aliphatic heterocycles. The summed E-state index contributed by atoms with van der Waals surface area (Å²) in [5.74, 6) is 0. The predicted molar refractivity (Wildman–Crippen MR) is 61.4 cm³/mol. The molecule has 0 bridgehead atoms. The molecule has 14 heavy (non-hydrogen) atoms. The summed E-state index contributed by atoms with van der Waals surface area (Å²) in [7, 11) is 0. The van der Waals surface area contributed by atoms with Gasteiger partial charge in [-0.05, 0) is 30.9 Å². The van der Waals surface area contributed by atoms with E-state index in [9.17, 15) is 0 Å². The molecule has 0 aromatic rings. The Balaban J connectivity index is 2.30. The Morgan fingerprint density at radius 3 is 2.93 bits per heavy atom. The van der Waals surface area contributed by atoms with Crippen molar-refractivity contribution < 1.29 is 0 Å². The minimum Gasteiger partial charge on any atom is -0.261 e. The van der Waals surface area contributed by atoms with Crippen molar-refractivity contribution in [1.82, 2.24) is 0 Å². The molecule has 0 saturated heterocycles. The standard InChI is InChI=1S/C13H15N/c1-2-7-11-14-13(10-6-1)12-8-4-3-5-9-12/h1-2,4,6,8,10-11H,3,5,7,9H2. The van der Waals surface area contributed by atoms with E-state index in [2.05, 4.69) is 41.4 Å². The first-order valence-electron chi connectivity index (χ1n) is 5.22. The fourth-order valence-corrected chi connectivity index (χ4v) is 1.68. The van der Waals surface area contributed by atoms with Gasteiger partial charge in [-0.15, -0.1) is 0 Å².